The summed E-state index contributed by atoms with van der Waals surface area (Å²) in [6.45, 7) is 1.72. The first-order valence-corrected chi connectivity index (χ1v) is 12.4. The van der Waals surface area contributed by atoms with Crippen LogP contribution in [0.4, 0.5) is 26.3 Å². The van der Waals surface area contributed by atoms with E-state index < -0.39 is 30.0 Å². The maximum Gasteiger partial charge on any atom is 0.297 e. The van der Waals surface area contributed by atoms with Gasteiger partial charge in [-0.1, -0.05) is 18.2 Å². The molecule has 11 heteroatoms. The molecule has 3 unspecified atom stereocenters. The van der Waals surface area contributed by atoms with E-state index >= 15 is 4.39 Å². The van der Waals surface area contributed by atoms with Crippen LogP contribution in [-0.4, -0.2) is 55.5 Å². The van der Waals surface area contributed by atoms with Gasteiger partial charge in [-0.15, -0.1) is 0 Å². The normalized spacial score (nSPS) is 21.4. The topological polar surface area (TPSA) is 44.4 Å². The maximum absolute atomic E-state index is 15.2. The third-order valence-electron chi connectivity index (χ3n) is 6.64. The van der Waals surface area contributed by atoms with Crippen molar-refractivity contribution in [3.63, 3.8) is 0 Å². The molecular weight excluding hydrogens is 504 g/mol. The molecule has 0 aromatic heterocycles. The fourth-order valence-corrected chi connectivity index (χ4v) is 5.33. The van der Waals surface area contributed by atoms with Crippen LogP contribution < -0.4 is 10.0 Å². The first-order valence-electron chi connectivity index (χ1n) is 11.5. The van der Waals surface area contributed by atoms with E-state index in [1.165, 1.54) is 6.07 Å². The van der Waals surface area contributed by atoms with Gasteiger partial charge in [-0.25, -0.2) is 17.6 Å². The molecule has 2 fully saturated rings. The average molecular weight is 534 g/mol. The number of nitrogens with zero attached hydrogens (tertiary/aromatic N) is 1. The summed E-state index contributed by atoms with van der Waals surface area (Å²) in [5, 5.41) is 2.26. The van der Waals surface area contributed by atoms with Gasteiger partial charge in [-0.2, -0.15) is 8.78 Å². The zero-order valence-electron chi connectivity index (χ0n) is 19.9. The number of rotatable bonds is 9. The molecule has 4 rings (SSSR count). The Kier molecular flexibility index (Phi) is 9.85. The third kappa shape index (κ3) is 7.02. The predicted octanol–water partition coefficient (Wildman–Crippen LogP) is 5.33. The minimum Gasteiger partial charge on any atom is -0.302 e. The van der Waals surface area contributed by atoms with Crippen molar-refractivity contribution in [1.82, 2.24) is 14.9 Å². The van der Waals surface area contributed by atoms with Gasteiger partial charge in [0.2, 0.25) is 0 Å². The molecule has 2 aromatic carbocycles. The summed E-state index contributed by atoms with van der Waals surface area (Å²) in [7, 11) is 1.92. The minimum absolute atomic E-state index is 0.0406. The first-order chi connectivity index (χ1) is 17.1. The van der Waals surface area contributed by atoms with Gasteiger partial charge >= 0.3 is 0 Å². The maximum atomic E-state index is 15.2. The Morgan fingerprint density at radius 1 is 1.17 bits per heavy atom. The number of halogens is 6. The third-order valence-corrected chi connectivity index (χ3v) is 7.20. The van der Waals surface area contributed by atoms with E-state index in [1.807, 2.05) is 7.05 Å². The fourth-order valence-electron chi connectivity index (χ4n) is 4.67. The summed E-state index contributed by atoms with van der Waals surface area (Å²) in [4.78, 5) is 11.8. The highest BCUT2D eigenvalue weighted by Crippen LogP contribution is 2.55. The van der Waals surface area contributed by atoms with E-state index in [9.17, 15) is 26.7 Å². The Balaban J connectivity index is 0.000000454. The second-order valence-electron chi connectivity index (χ2n) is 9.22. The van der Waals surface area contributed by atoms with Crippen LogP contribution in [0.1, 0.15) is 25.3 Å². The van der Waals surface area contributed by atoms with Gasteiger partial charge in [0.15, 0.2) is 0 Å². The lowest BCUT2D eigenvalue weighted by atomic mass is 9.91. The van der Waals surface area contributed by atoms with Crippen molar-refractivity contribution < 1.29 is 31.1 Å². The number of aldehydes is 1. The summed E-state index contributed by atoms with van der Waals surface area (Å²) in [6, 6.07) is 7.00. The van der Waals surface area contributed by atoms with Gasteiger partial charge in [0.25, 0.3) is 5.76 Å². The molecule has 2 aliphatic rings. The summed E-state index contributed by atoms with van der Waals surface area (Å²) >= 11 is 0.407. The number of hydrogen-bond donors (Lipinski definition) is 2. The van der Waals surface area contributed by atoms with Crippen LogP contribution >= 0.6 is 11.9 Å². The zero-order chi connectivity index (χ0) is 26.5. The molecule has 3 atom stereocenters. The number of likely N-dealkylation sites (tertiary alicyclic amines) is 1. The Bertz CT molecular complexity index is 1020. The molecule has 1 aliphatic carbocycles. The van der Waals surface area contributed by atoms with Crippen LogP contribution in [0.2, 0.25) is 0 Å². The van der Waals surface area contributed by atoms with Crippen LogP contribution in [0.3, 0.4) is 0 Å². The van der Waals surface area contributed by atoms with E-state index in [1.54, 1.807) is 19.1 Å². The number of carbonyl (C=O) groups is 1. The molecule has 1 saturated heterocycles. The summed E-state index contributed by atoms with van der Waals surface area (Å²) in [6.07, 6.45) is 2.89. The zero-order valence-corrected chi connectivity index (χ0v) is 20.7. The van der Waals surface area contributed by atoms with Gasteiger partial charge in [0, 0.05) is 35.7 Å². The number of nitrogens with one attached hydrogen (secondary N) is 2. The molecule has 36 heavy (non-hydrogen) atoms. The quantitative estimate of drug-likeness (QED) is 0.198. The van der Waals surface area contributed by atoms with Crippen molar-refractivity contribution in [2.45, 2.75) is 50.1 Å². The van der Waals surface area contributed by atoms with Crippen LogP contribution in [0.5, 0.6) is 0 Å². The summed E-state index contributed by atoms with van der Waals surface area (Å²) in [5.74, 6) is -4.61. The highest BCUT2D eigenvalue weighted by molar-refractivity contribution is 7.97. The molecule has 0 radical (unpaired) electrons. The Morgan fingerprint density at radius 3 is 2.36 bits per heavy atom. The molecule has 0 bridgehead atoms. The number of likely N-dealkylation sites (N-methyl/N-ethyl adjacent to an activating group) is 1. The largest absolute Gasteiger partial charge is 0.302 e. The number of alkyl halides is 3. The van der Waals surface area contributed by atoms with Gasteiger partial charge in [-0.3, -0.25) is 10.0 Å². The summed E-state index contributed by atoms with van der Waals surface area (Å²) in [5.41, 5.74) is 0.606. The van der Waals surface area contributed by atoms with Crippen LogP contribution in [-0.2, 0) is 11.2 Å². The van der Waals surface area contributed by atoms with E-state index in [2.05, 4.69) is 14.9 Å². The lowest BCUT2D eigenvalue weighted by Gasteiger charge is -2.27. The molecule has 1 spiro atoms. The summed E-state index contributed by atoms with van der Waals surface area (Å²) < 4.78 is 82.0. The molecular formula is C25H29F6N3OS. The monoisotopic (exact) mass is 533 g/mol. The highest BCUT2D eigenvalue weighted by Gasteiger charge is 2.58. The van der Waals surface area contributed by atoms with E-state index in [4.69, 9.17) is 0 Å². The Hall–Kier alpha value is -2.08. The number of benzene rings is 2. The van der Waals surface area contributed by atoms with Crippen LogP contribution in [0.15, 0.2) is 36.4 Å². The van der Waals surface area contributed by atoms with Gasteiger partial charge in [-0.05, 0) is 68.4 Å². The standard InChI is InChI=1S/C21H21F5N2S.C4H8FNO/c1-28-11-21(5-6-21)19(27-29-20(25)26)17(28)9-12-3-2-4-16(18(12)24)13-7-14(22)10-15(23)8-13;1-4(2-7)6-3-5/h2-4,7-8,10,17,19-20,27H,5-6,9,11H2,1H3;2,4,6H,3H2,1H3. The van der Waals surface area contributed by atoms with Crippen molar-refractivity contribution in [2.24, 2.45) is 5.41 Å². The fraction of sp³-hybridized carbons (Fsp3) is 0.480. The highest BCUT2D eigenvalue weighted by atomic mass is 32.2. The van der Waals surface area contributed by atoms with Gasteiger partial charge in [0.1, 0.15) is 30.5 Å². The number of hydrogen-bond acceptors (Lipinski definition) is 5. The molecule has 0 amide bonds. The first kappa shape index (κ1) is 28.5. The SMILES string of the molecule is CC(C=O)NCF.CN1CC2(CC2)C(NSC(F)F)C1Cc1cccc(-c2cc(F)cc(F)c2)c1F. The van der Waals surface area contributed by atoms with Crippen molar-refractivity contribution in [2.75, 3.05) is 20.4 Å². The molecule has 1 saturated carbocycles. The second kappa shape index (κ2) is 12.4. The van der Waals surface area contributed by atoms with Crippen LogP contribution in [0.25, 0.3) is 11.1 Å². The van der Waals surface area contributed by atoms with Crippen LogP contribution in [0, 0.1) is 22.9 Å². The number of carbonyl (C=O) groups excluding carboxylic acids is 1. The Labute approximate surface area is 210 Å². The average Bonchev–Trinajstić information content (AvgIpc) is 3.53. The molecule has 1 aliphatic heterocycles. The second-order valence-corrected chi connectivity index (χ2v) is 10.1. The predicted molar refractivity (Wildman–Crippen MR) is 129 cm³/mol. The van der Waals surface area contributed by atoms with Gasteiger partial charge < -0.3 is 9.69 Å². The molecule has 2 N–H and O–H groups in total. The van der Waals surface area contributed by atoms with E-state index in [0.717, 1.165) is 37.6 Å². The van der Waals surface area contributed by atoms with E-state index in [-0.39, 0.29) is 34.7 Å². The Morgan fingerprint density at radius 2 is 1.83 bits per heavy atom. The molecule has 2 aromatic rings. The lowest BCUT2D eigenvalue weighted by molar-refractivity contribution is -0.109. The van der Waals surface area contributed by atoms with Crippen molar-refractivity contribution in [3.8, 4) is 11.1 Å². The lowest BCUT2D eigenvalue weighted by Crippen LogP contribution is -2.43. The van der Waals surface area contributed by atoms with Crippen molar-refractivity contribution in [1.29, 1.82) is 0 Å². The van der Waals surface area contributed by atoms with Crippen molar-refractivity contribution >= 4 is 18.2 Å². The van der Waals surface area contributed by atoms with Gasteiger partial charge in [0.05, 0.1) is 6.04 Å². The molecule has 198 valence electrons. The van der Waals surface area contributed by atoms with Crippen molar-refractivity contribution in [3.05, 3.63) is 59.4 Å². The smallest absolute Gasteiger partial charge is 0.297 e. The molecule has 1 heterocycles. The van der Waals surface area contributed by atoms with E-state index in [0.29, 0.717) is 30.2 Å². The molecule has 4 nitrogen and oxygen atoms in total. The minimum atomic E-state index is -2.53.